The van der Waals surface area contributed by atoms with Crippen molar-refractivity contribution in [3.63, 3.8) is 0 Å². The molecule has 0 aliphatic rings. The minimum absolute atomic E-state index is 0.865. The molecule has 0 amide bonds. The number of thiazole rings is 1. The lowest BCUT2D eigenvalue weighted by Crippen LogP contribution is -1.79. The van der Waals surface area contributed by atoms with Crippen LogP contribution in [0.3, 0.4) is 0 Å². The maximum Gasteiger partial charge on any atom is 0.168 e. The Labute approximate surface area is 126 Å². The van der Waals surface area contributed by atoms with Gasteiger partial charge in [0, 0.05) is 5.56 Å². The van der Waals surface area contributed by atoms with Gasteiger partial charge in [-0.15, -0.1) is 11.3 Å². The van der Waals surface area contributed by atoms with E-state index in [2.05, 4.69) is 47.2 Å². The fourth-order valence-electron chi connectivity index (χ4n) is 2.38. The molecule has 3 aromatic carbocycles. The molecule has 0 radical (unpaired) electrons. The second-order valence-corrected chi connectivity index (χ2v) is 5.79. The highest BCUT2D eigenvalue weighted by Crippen LogP contribution is 2.21. The van der Waals surface area contributed by atoms with Crippen LogP contribution in [0.1, 0.15) is 10.6 Å². The maximum absolute atomic E-state index is 4.55. The second-order valence-electron chi connectivity index (χ2n) is 4.76. The quantitative estimate of drug-likeness (QED) is 0.421. The Balaban J connectivity index is 1.81. The molecule has 21 heavy (non-hydrogen) atoms. The fourth-order valence-corrected chi connectivity index (χ4v) is 3.20. The third-order valence-electron chi connectivity index (χ3n) is 3.39. The molecule has 0 aliphatic carbocycles. The normalized spacial score (nSPS) is 10.5. The fraction of sp³-hybridized carbons (Fsp3) is 0. The van der Waals surface area contributed by atoms with Gasteiger partial charge in [-0.3, -0.25) is 0 Å². The first-order valence-electron chi connectivity index (χ1n) is 6.75. The summed E-state index contributed by atoms with van der Waals surface area (Å²) in [4.78, 5) is 4.55. The van der Waals surface area contributed by atoms with Gasteiger partial charge in [0.25, 0.3) is 0 Å². The average Bonchev–Trinajstić information content (AvgIpc) is 2.96. The number of hydrogen-bond donors (Lipinski definition) is 0. The minimum atomic E-state index is 0.865. The van der Waals surface area contributed by atoms with Crippen molar-refractivity contribution in [3.05, 3.63) is 77.3 Å². The van der Waals surface area contributed by atoms with Gasteiger partial charge in [0.1, 0.15) is 0 Å². The van der Waals surface area contributed by atoms with Crippen molar-refractivity contribution in [1.82, 2.24) is 4.98 Å². The molecule has 0 aliphatic heterocycles. The van der Waals surface area contributed by atoms with Crippen molar-refractivity contribution in [1.29, 1.82) is 0 Å². The molecule has 0 atom stereocenters. The molecule has 0 spiro atoms. The van der Waals surface area contributed by atoms with E-state index in [1.807, 2.05) is 36.4 Å². The van der Waals surface area contributed by atoms with Crippen LogP contribution in [0, 0.1) is 11.8 Å². The largest absolute Gasteiger partial charge is 0.228 e. The second kappa shape index (κ2) is 5.05. The molecule has 4 aromatic rings. The van der Waals surface area contributed by atoms with Crippen LogP contribution in [0.25, 0.3) is 21.0 Å². The Bertz CT molecular complexity index is 964. The van der Waals surface area contributed by atoms with Crippen LogP contribution < -0.4 is 0 Å². The highest BCUT2D eigenvalue weighted by atomic mass is 32.1. The molecule has 4 rings (SSSR count). The number of rotatable bonds is 0. The van der Waals surface area contributed by atoms with Crippen LogP contribution in [-0.4, -0.2) is 4.98 Å². The van der Waals surface area contributed by atoms with E-state index in [-0.39, 0.29) is 0 Å². The molecule has 0 bridgehead atoms. The number of benzene rings is 3. The maximum atomic E-state index is 4.55. The summed E-state index contributed by atoms with van der Waals surface area (Å²) in [5.74, 6) is 6.46. The van der Waals surface area contributed by atoms with E-state index >= 15 is 0 Å². The standard InChI is InChI=1S/C19H11NS/c1-2-9-16-14(6-1)7-5-8-15(16)12-13-19-20-17-10-3-4-11-18(17)21-19/h1-11H. The number of nitrogens with zero attached hydrogens (tertiary/aromatic N) is 1. The summed E-state index contributed by atoms with van der Waals surface area (Å²) in [6.07, 6.45) is 0. The minimum Gasteiger partial charge on any atom is -0.228 e. The van der Waals surface area contributed by atoms with Gasteiger partial charge in [0.05, 0.1) is 10.2 Å². The molecule has 2 heteroatoms. The van der Waals surface area contributed by atoms with Crippen LogP contribution in [0.2, 0.25) is 0 Å². The van der Waals surface area contributed by atoms with E-state index in [0.717, 1.165) is 16.1 Å². The molecule has 1 heterocycles. The molecule has 0 saturated heterocycles. The van der Waals surface area contributed by atoms with Gasteiger partial charge in [-0.2, -0.15) is 0 Å². The molecule has 1 nitrogen and oxygen atoms in total. The van der Waals surface area contributed by atoms with Gasteiger partial charge >= 0.3 is 0 Å². The number of aromatic nitrogens is 1. The molecule has 0 unspecified atom stereocenters. The van der Waals surface area contributed by atoms with E-state index in [1.54, 1.807) is 11.3 Å². The molecule has 1 aromatic heterocycles. The zero-order valence-electron chi connectivity index (χ0n) is 11.2. The van der Waals surface area contributed by atoms with Crippen molar-refractivity contribution < 1.29 is 0 Å². The van der Waals surface area contributed by atoms with Gasteiger partial charge in [0.2, 0.25) is 0 Å². The summed E-state index contributed by atoms with van der Waals surface area (Å²) < 4.78 is 1.18. The molecule has 0 saturated carbocycles. The summed E-state index contributed by atoms with van der Waals surface area (Å²) in [6, 6.07) is 22.7. The number of fused-ring (bicyclic) bond motifs is 2. The molecule has 98 valence electrons. The smallest absolute Gasteiger partial charge is 0.168 e. The van der Waals surface area contributed by atoms with Gasteiger partial charge in [0.15, 0.2) is 5.01 Å². The lowest BCUT2D eigenvalue weighted by Gasteiger charge is -1.98. The Hall–Kier alpha value is -2.63. The number of hydrogen-bond acceptors (Lipinski definition) is 2. The first-order valence-corrected chi connectivity index (χ1v) is 7.57. The van der Waals surface area contributed by atoms with Gasteiger partial charge in [-0.25, -0.2) is 4.98 Å². The monoisotopic (exact) mass is 285 g/mol. The van der Waals surface area contributed by atoms with E-state index in [0.29, 0.717) is 0 Å². The predicted octanol–water partition coefficient (Wildman–Crippen LogP) is 4.85. The first kappa shape index (κ1) is 12.1. The Morgan fingerprint density at radius 2 is 1.57 bits per heavy atom. The highest BCUT2D eigenvalue weighted by molar-refractivity contribution is 7.19. The summed E-state index contributed by atoms with van der Waals surface area (Å²) >= 11 is 1.64. The topological polar surface area (TPSA) is 12.9 Å². The van der Waals surface area contributed by atoms with Crippen molar-refractivity contribution in [2.75, 3.05) is 0 Å². The average molecular weight is 285 g/mol. The van der Waals surface area contributed by atoms with E-state index in [1.165, 1.54) is 15.5 Å². The lowest BCUT2D eigenvalue weighted by atomic mass is 10.1. The summed E-state index contributed by atoms with van der Waals surface area (Å²) in [5, 5.41) is 3.27. The Morgan fingerprint density at radius 1 is 0.762 bits per heavy atom. The van der Waals surface area contributed by atoms with E-state index in [4.69, 9.17) is 0 Å². The van der Waals surface area contributed by atoms with Gasteiger partial charge in [-0.1, -0.05) is 54.5 Å². The van der Waals surface area contributed by atoms with Crippen molar-refractivity contribution >= 4 is 32.3 Å². The predicted molar refractivity (Wildman–Crippen MR) is 89.5 cm³/mol. The Kier molecular flexibility index (Phi) is 2.92. The van der Waals surface area contributed by atoms with Gasteiger partial charge < -0.3 is 0 Å². The van der Waals surface area contributed by atoms with Crippen molar-refractivity contribution in [3.8, 4) is 11.8 Å². The molecular weight excluding hydrogens is 274 g/mol. The van der Waals surface area contributed by atoms with Gasteiger partial charge in [-0.05, 0) is 34.9 Å². The summed E-state index contributed by atoms with van der Waals surface area (Å²) in [6.45, 7) is 0. The zero-order chi connectivity index (χ0) is 14.1. The molecule has 0 fully saturated rings. The van der Waals surface area contributed by atoms with Crippen molar-refractivity contribution in [2.45, 2.75) is 0 Å². The SMILES string of the molecule is C(#Cc1cccc2ccccc12)c1nc2ccccc2s1. The van der Waals surface area contributed by atoms with Crippen LogP contribution in [-0.2, 0) is 0 Å². The van der Waals surface area contributed by atoms with Crippen LogP contribution in [0.4, 0.5) is 0 Å². The third kappa shape index (κ3) is 2.29. The van der Waals surface area contributed by atoms with Crippen LogP contribution in [0.5, 0.6) is 0 Å². The Morgan fingerprint density at radius 3 is 2.52 bits per heavy atom. The first-order chi connectivity index (χ1) is 10.4. The van der Waals surface area contributed by atoms with Crippen LogP contribution in [0.15, 0.2) is 66.7 Å². The molecule has 0 N–H and O–H groups in total. The van der Waals surface area contributed by atoms with E-state index < -0.39 is 0 Å². The van der Waals surface area contributed by atoms with Crippen molar-refractivity contribution in [2.24, 2.45) is 0 Å². The summed E-state index contributed by atoms with van der Waals surface area (Å²) in [7, 11) is 0. The van der Waals surface area contributed by atoms with E-state index in [9.17, 15) is 0 Å². The highest BCUT2D eigenvalue weighted by Gasteiger charge is 2.00. The van der Waals surface area contributed by atoms with Crippen LogP contribution >= 0.6 is 11.3 Å². The lowest BCUT2D eigenvalue weighted by molar-refractivity contribution is 1.45. The zero-order valence-corrected chi connectivity index (χ0v) is 12.0. The number of para-hydroxylation sites is 1. The summed E-state index contributed by atoms with van der Waals surface area (Å²) in [5.41, 5.74) is 2.07. The third-order valence-corrected chi connectivity index (χ3v) is 4.34. The molecular formula is C19H11NS.